The van der Waals surface area contributed by atoms with Crippen LogP contribution < -0.4 is 10.6 Å². The molecule has 3 fully saturated rings. The molecule has 0 bridgehead atoms. The molecule has 162 valence electrons. The maximum absolute atomic E-state index is 5.75. The minimum Gasteiger partial charge on any atom is -0.381 e. The van der Waals surface area contributed by atoms with Gasteiger partial charge in [-0.15, -0.1) is 0 Å². The Kier molecular flexibility index (Phi) is 9.31. The van der Waals surface area contributed by atoms with Gasteiger partial charge >= 0.3 is 0 Å². The second-order valence-corrected chi connectivity index (χ2v) is 8.22. The highest BCUT2D eigenvalue weighted by molar-refractivity contribution is 5.79. The van der Waals surface area contributed by atoms with Gasteiger partial charge in [0, 0.05) is 45.1 Å². The predicted octanol–water partition coefficient (Wildman–Crippen LogP) is 1.77. The number of rotatable bonds is 10. The Bertz CT molecular complexity index is 457. The summed E-state index contributed by atoms with van der Waals surface area (Å²) in [4.78, 5) is 7.64. The Balaban J connectivity index is 1.41. The van der Waals surface area contributed by atoms with Crippen LogP contribution in [0, 0.1) is 0 Å². The third kappa shape index (κ3) is 6.58. The summed E-state index contributed by atoms with van der Waals surface area (Å²) in [6.45, 7) is 11.2. The third-order valence-electron chi connectivity index (χ3n) is 6.16. The van der Waals surface area contributed by atoms with Gasteiger partial charge in [-0.25, -0.2) is 0 Å². The van der Waals surface area contributed by atoms with Gasteiger partial charge in [0.25, 0.3) is 0 Å². The van der Waals surface area contributed by atoms with E-state index in [2.05, 4.69) is 22.5 Å². The minimum atomic E-state index is 0.182. The number of hydrogen-bond acceptors (Lipinski definition) is 5. The normalized spacial score (nSPS) is 25.9. The average molecular weight is 397 g/mol. The first kappa shape index (κ1) is 21.8. The van der Waals surface area contributed by atoms with Crippen molar-refractivity contribution in [2.45, 2.75) is 63.5 Å². The molecule has 0 spiro atoms. The highest BCUT2D eigenvalue weighted by atomic mass is 16.5. The summed E-state index contributed by atoms with van der Waals surface area (Å²) < 4.78 is 17.0. The summed E-state index contributed by atoms with van der Waals surface area (Å²) in [6, 6.07) is 0. The highest BCUT2D eigenvalue weighted by Crippen LogP contribution is 2.31. The quantitative estimate of drug-likeness (QED) is 0.333. The largest absolute Gasteiger partial charge is 0.381 e. The van der Waals surface area contributed by atoms with Gasteiger partial charge in [-0.3, -0.25) is 9.89 Å². The van der Waals surface area contributed by atoms with Crippen molar-refractivity contribution < 1.29 is 14.2 Å². The molecule has 0 aromatic carbocycles. The number of guanidine groups is 1. The van der Waals surface area contributed by atoms with Crippen LogP contribution in [0.15, 0.2) is 4.99 Å². The third-order valence-corrected chi connectivity index (χ3v) is 6.16. The number of nitrogens with one attached hydrogen (secondary N) is 2. The molecule has 0 aromatic heterocycles. The standard InChI is InChI=1S/C21H40N4O3/c1-2-22-20(23-10-6-13-27-17-19-7-5-14-28-19)24-18-21(8-15-26-16-9-21)25-11-3-4-12-25/h19H,2-18H2,1H3,(H2,22,23,24). The van der Waals surface area contributed by atoms with Crippen molar-refractivity contribution in [3.05, 3.63) is 0 Å². The zero-order valence-electron chi connectivity index (χ0n) is 17.7. The van der Waals surface area contributed by atoms with Crippen LogP contribution in [0.4, 0.5) is 0 Å². The molecule has 0 radical (unpaired) electrons. The van der Waals surface area contributed by atoms with Crippen molar-refractivity contribution in [3.8, 4) is 0 Å². The van der Waals surface area contributed by atoms with Crippen LogP contribution >= 0.6 is 0 Å². The van der Waals surface area contributed by atoms with Gasteiger partial charge in [0.1, 0.15) is 0 Å². The molecule has 1 unspecified atom stereocenters. The topological polar surface area (TPSA) is 67.4 Å². The van der Waals surface area contributed by atoms with Crippen LogP contribution in [0.3, 0.4) is 0 Å². The number of hydrogen-bond donors (Lipinski definition) is 2. The second-order valence-electron chi connectivity index (χ2n) is 8.22. The lowest BCUT2D eigenvalue weighted by atomic mass is 9.88. The summed E-state index contributed by atoms with van der Waals surface area (Å²) in [5, 5.41) is 6.87. The molecule has 3 rings (SSSR count). The number of ether oxygens (including phenoxy) is 3. The number of nitrogens with zero attached hydrogens (tertiary/aromatic N) is 2. The van der Waals surface area contributed by atoms with Crippen molar-refractivity contribution in [1.29, 1.82) is 0 Å². The van der Waals surface area contributed by atoms with Gasteiger partial charge in [-0.05, 0) is 65.0 Å². The Morgan fingerprint density at radius 3 is 2.68 bits per heavy atom. The summed E-state index contributed by atoms with van der Waals surface area (Å²) >= 11 is 0. The summed E-state index contributed by atoms with van der Waals surface area (Å²) in [5.74, 6) is 0.923. The van der Waals surface area contributed by atoms with Gasteiger partial charge in [0.15, 0.2) is 5.96 Å². The highest BCUT2D eigenvalue weighted by Gasteiger charge is 2.39. The van der Waals surface area contributed by atoms with E-state index in [1.54, 1.807) is 0 Å². The average Bonchev–Trinajstić information content (AvgIpc) is 3.44. The number of likely N-dealkylation sites (tertiary alicyclic amines) is 1. The summed E-state index contributed by atoms with van der Waals surface area (Å²) in [6.07, 6.45) is 8.41. The molecular formula is C21H40N4O3. The lowest BCUT2D eigenvalue weighted by Gasteiger charge is -2.43. The predicted molar refractivity (Wildman–Crippen MR) is 112 cm³/mol. The maximum atomic E-state index is 5.75. The monoisotopic (exact) mass is 396 g/mol. The van der Waals surface area contributed by atoms with Crippen LogP contribution in [0.1, 0.15) is 51.9 Å². The number of aliphatic imine (C=N–C) groups is 1. The first-order valence-electron chi connectivity index (χ1n) is 11.4. The molecule has 7 nitrogen and oxygen atoms in total. The van der Waals surface area contributed by atoms with Crippen molar-refractivity contribution in [1.82, 2.24) is 15.5 Å². The summed E-state index contributed by atoms with van der Waals surface area (Å²) in [7, 11) is 0. The van der Waals surface area contributed by atoms with E-state index in [-0.39, 0.29) is 5.54 Å². The Morgan fingerprint density at radius 1 is 1.14 bits per heavy atom. The molecule has 3 aliphatic rings. The smallest absolute Gasteiger partial charge is 0.191 e. The van der Waals surface area contributed by atoms with Crippen molar-refractivity contribution >= 4 is 5.96 Å². The zero-order valence-corrected chi connectivity index (χ0v) is 17.7. The van der Waals surface area contributed by atoms with Gasteiger partial charge in [0.05, 0.1) is 19.3 Å². The Hall–Kier alpha value is -0.890. The maximum Gasteiger partial charge on any atom is 0.191 e. The molecule has 3 heterocycles. The molecule has 3 saturated heterocycles. The fraction of sp³-hybridized carbons (Fsp3) is 0.952. The Morgan fingerprint density at radius 2 is 1.96 bits per heavy atom. The molecule has 0 aromatic rings. The van der Waals surface area contributed by atoms with E-state index in [9.17, 15) is 0 Å². The summed E-state index contributed by atoms with van der Waals surface area (Å²) in [5.41, 5.74) is 0.182. The second kappa shape index (κ2) is 12.0. The first-order chi connectivity index (χ1) is 13.8. The molecule has 0 saturated carbocycles. The van der Waals surface area contributed by atoms with E-state index in [1.807, 2.05) is 0 Å². The van der Waals surface area contributed by atoms with Gasteiger partial charge in [-0.1, -0.05) is 0 Å². The lowest BCUT2D eigenvalue weighted by molar-refractivity contribution is -0.0139. The fourth-order valence-electron chi connectivity index (χ4n) is 4.46. The van der Waals surface area contributed by atoms with Crippen molar-refractivity contribution in [3.63, 3.8) is 0 Å². The molecule has 0 amide bonds. The van der Waals surface area contributed by atoms with Gasteiger partial charge < -0.3 is 24.8 Å². The lowest BCUT2D eigenvalue weighted by Crippen LogP contribution is -2.54. The zero-order chi connectivity index (χ0) is 19.5. The van der Waals surface area contributed by atoms with Gasteiger partial charge in [0.2, 0.25) is 0 Å². The molecular weight excluding hydrogens is 356 g/mol. The van der Waals surface area contributed by atoms with Crippen LogP contribution in [0.25, 0.3) is 0 Å². The van der Waals surface area contributed by atoms with Gasteiger partial charge in [-0.2, -0.15) is 0 Å². The van der Waals surface area contributed by atoms with Crippen molar-refractivity contribution in [2.24, 2.45) is 4.99 Å². The molecule has 7 heteroatoms. The fourth-order valence-corrected chi connectivity index (χ4v) is 4.46. The van der Waals surface area contributed by atoms with E-state index in [1.165, 1.54) is 32.4 Å². The van der Waals surface area contributed by atoms with E-state index >= 15 is 0 Å². The van der Waals surface area contributed by atoms with E-state index < -0.39 is 0 Å². The molecule has 2 N–H and O–H groups in total. The molecule has 1 atom stereocenters. The van der Waals surface area contributed by atoms with E-state index in [4.69, 9.17) is 19.2 Å². The molecule has 28 heavy (non-hydrogen) atoms. The van der Waals surface area contributed by atoms with E-state index in [0.29, 0.717) is 6.10 Å². The van der Waals surface area contributed by atoms with Crippen LogP contribution in [-0.4, -0.2) is 88.3 Å². The van der Waals surface area contributed by atoms with Crippen molar-refractivity contribution in [2.75, 3.05) is 65.8 Å². The van der Waals surface area contributed by atoms with Crippen LogP contribution in [0.5, 0.6) is 0 Å². The van der Waals surface area contributed by atoms with Crippen LogP contribution in [0.2, 0.25) is 0 Å². The molecule has 0 aliphatic carbocycles. The van der Waals surface area contributed by atoms with Crippen LogP contribution in [-0.2, 0) is 14.2 Å². The first-order valence-corrected chi connectivity index (χ1v) is 11.4. The van der Waals surface area contributed by atoms with E-state index in [0.717, 1.165) is 84.3 Å². The Labute approximate surface area is 170 Å². The molecule has 3 aliphatic heterocycles. The SMILES string of the molecule is CCNC(=NCC1(N2CCCC2)CCOCC1)NCCCOCC1CCCO1. The minimum absolute atomic E-state index is 0.182.